The van der Waals surface area contributed by atoms with E-state index in [1.54, 1.807) is 0 Å². The fourth-order valence-corrected chi connectivity index (χ4v) is 1.49. The van der Waals surface area contributed by atoms with Gasteiger partial charge in [-0.25, -0.2) is 0 Å². The lowest BCUT2D eigenvalue weighted by Gasteiger charge is -2.18. The number of alkyl halides is 3. The number of allylic oxidation sites excluding steroid dienone is 1. The Balaban J connectivity index is 4.67. The molecular weight excluding hydrogens is 258 g/mol. The van der Waals surface area contributed by atoms with Gasteiger partial charge in [0.25, 0.3) is 5.76 Å². The summed E-state index contributed by atoms with van der Waals surface area (Å²) < 4.78 is 73.3. The molecule has 3 nitrogen and oxygen atoms in total. The minimum absolute atomic E-state index is 0.00918. The van der Waals surface area contributed by atoms with Crippen LogP contribution in [0.2, 0.25) is 0 Å². The van der Waals surface area contributed by atoms with Gasteiger partial charge in [-0.1, -0.05) is 0 Å². The highest BCUT2D eigenvalue weighted by Crippen LogP contribution is 2.46. The highest BCUT2D eigenvalue weighted by Gasteiger charge is 2.42. The maximum atomic E-state index is 12.0. The fraction of sp³-hybridized carbons (Fsp3) is 0.714. The molecule has 0 rings (SSSR count). The fourth-order valence-electron chi connectivity index (χ4n) is 0.569. The van der Waals surface area contributed by atoms with E-state index in [0.717, 1.165) is 0 Å². The van der Waals surface area contributed by atoms with E-state index in [2.05, 4.69) is 13.6 Å². The summed E-state index contributed by atoms with van der Waals surface area (Å²) in [5, 5.41) is 0. The highest BCUT2D eigenvalue weighted by atomic mass is 31.2. The molecule has 0 radical (unpaired) electrons. The molecule has 96 valence electrons. The topological polar surface area (TPSA) is 27.7 Å². The van der Waals surface area contributed by atoms with Crippen molar-refractivity contribution < 1.29 is 35.5 Å². The number of hydrogen-bond donors (Lipinski definition) is 0. The van der Waals surface area contributed by atoms with Crippen LogP contribution in [0.15, 0.2) is 11.8 Å². The van der Waals surface area contributed by atoms with Crippen LogP contribution in [0, 0.1) is 0 Å². The van der Waals surface area contributed by atoms with E-state index in [0.29, 0.717) is 0 Å². The average molecular weight is 268 g/mol. The molecule has 0 aliphatic heterocycles. The van der Waals surface area contributed by atoms with E-state index < -0.39 is 26.6 Å². The van der Waals surface area contributed by atoms with E-state index in [1.165, 1.54) is 13.8 Å². The standard InChI is InChI=1S/C7H10F5O3P/c1-3-13-16(14-4-2)15-5(6(8)9)7(10,11)12/h3-4H2,1-2H3. The Labute approximate surface area is 90.2 Å². The zero-order valence-electron chi connectivity index (χ0n) is 8.48. The molecule has 16 heavy (non-hydrogen) atoms. The molecule has 0 unspecified atom stereocenters. The molecule has 0 heterocycles. The normalized spacial score (nSPS) is 11.8. The van der Waals surface area contributed by atoms with E-state index in [1.807, 2.05) is 0 Å². The van der Waals surface area contributed by atoms with Crippen molar-refractivity contribution >= 4 is 8.60 Å². The van der Waals surface area contributed by atoms with Crippen molar-refractivity contribution in [2.75, 3.05) is 13.2 Å². The van der Waals surface area contributed by atoms with Crippen LogP contribution in [0.1, 0.15) is 13.8 Å². The smallest absolute Gasteiger partial charge is 0.416 e. The van der Waals surface area contributed by atoms with E-state index in [9.17, 15) is 22.0 Å². The minimum Gasteiger partial charge on any atom is -0.416 e. The Morgan fingerprint density at radius 2 is 1.50 bits per heavy atom. The van der Waals surface area contributed by atoms with Crippen LogP contribution < -0.4 is 0 Å². The molecule has 9 heteroatoms. The van der Waals surface area contributed by atoms with Crippen molar-refractivity contribution in [3.63, 3.8) is 0 Å². The Morgan fingerprint density at radius 1 is 1.06 bits per heavy atom. The van der Waals surface area contributed by atoms with Gasteiger partial charge in [0.2, 0.25) is 0 Å². The maximum Gasteiger partial charge on any atom is 0.455 e. The number of halogens is 5. The van der Waals surface area contributed by atoms with Gasteiger partial charge in [-0.15, -0.1) is 0 Å². The molecular formula is C7H10F5O3P. The van der Waals surface area contributed by atoms with Gasteiger partial charge < -0.3 is 13.6 Å². The van der Waals surface area contributed by atoms with E-state index >= 15 is 0 Å². The maximum absolute atomic E-state index is 12.0. The minimum atomic E-state index is -5.27. The largest absolute Gasteiger partial charge is 0.455 e. The van der Waals surface area contributed by atoms with E-state index in [-0.39, 0.29) is 13.2 Å². The first-order valence-electron chi connectivity index (χ1n) is 4.19. The number of rotatable bonds is 6. The summed E-state index contributed by atoms with van der Waals surface area (Å²) in [7, 11) is -2.45. The summed E-state index contributed by atoms with van der Waals surface area (Å²) in [5.41, 5.74) is 0. The van der Waals surface area contributed by atoms with Crippen LogP contribution in [0.3, 0.4) is 0 Å². The predicted octanol–water partition coefficient (Wildman–Crippen LogP) is 3.97. The summed E-state index contributed by atoms with van der Waals surface area (Å²) in [5.74, 6) is -2.37. The molecule has 0 aliphatic rings. The first kappa shape index (κ1) is 15.5. The van der Waals surface area contributed by atoms with Crippen molar-refractivity contribution in [2.24, 2.45) is 0 Å². The Kier molecular flexibility index (Phi) is 6.78. The molecule has 0 aromatic heterocycles. The Hall–Kier alpha value is -0.460. The Bertz CT molecular complexity index is 233. The van der Waals surface area contributed by atoms with Crippen molar-refractivity contribution in [3.05, 3.63) is 11.8 Å². The molecule has 0 aliphatic carbocycles. The van der Waals surface area contributed by atoms with Crippen LogP contribution in [0.4, 0.5) is 22.0 Å². The van der Waals surface area contributed by atoms with Gasteiger partial charge >= 0.3 is 20.9 Å². The number of hydrogen-bond acceptors (Lipinski definition) is 3. The van der Waals surface area contributed by atoms with Gasteiger partial charge in [0.05, 0.1) is 13.2 Å². The third kappa shape index (κ3) is 5.58. The Morgan fingerprint density at radius 3 is 1.75 bits per heavy atom. The molecule has 0 spiro atoms. The quantitative estimate of drug-likeness (QED) is 0.414. The summed E-state index contributed by atoms with van der Waals surface area (Å²) in [6, 6.07) is 0. The van der Waals surface area contributed by atoms with Crippen molar-refractivity contribution in [3.8, 4) is 0 Å². The first-order chi connectivity index (χ1) is 7.32. The van der Waals surface area contributed by atoms with Gasteiger partial charge in [-0.05, 0) is 13.8 Å². The zero-order valence-corrected chi connectivity index (χ0v) is 9.37. The molecule has 0 amide bonds. The van der Waals surface area contributed by atoms with Gasteiger partial charge in [-0.3, -0.25) is 0 Å². The SMILES string of the molecule is CCOP(OCC)OC(=C(F)F)C(F)(F)F. The monoisotopic (exact) mass is 268 g/mol. The van der Waals surface area contributed by atoms with Crippen LogP contribution >= 0.6 is 8.60 Å². The van der Waals surface area contributed by atoms with Crippen LogP contribution in [-0.2, 0) is 13.6 Å². The second-order valence-electron chi connectivity index (χ2n) is 2.24. The summed E-state index contributed by atoms with van der Waals surface area (Å²) in [6.45, 7) is 2.93. The first-order valence-corrected chi connectivity index (χ1v) is 5.28. The molecule has 0 aromatic carbocycles. The molecule has 0 saturated heterocycles. The lowest BCUT2D eigenvalue weighted by molar-refractivity contribution is -0.123. The second-order valence-corrected chi connectivity index (χ2v) is 3.38. The molecule has 0 aromatic rings. The lowest BCUT2D eigenvalue weighted by Crippen LogP contribution is -2.15. The third-order valence-electron chi connectivity index (χ3n) is 1.06. The lowest BCUT2D eigenvalue weighted by atomic mass is 10.5. The third-order valence-corrected chi connectivity index (χ3v) is 2.33. The van der Waals surface area contributed by atoms with Gasteiger partial charge in [0.15, 0.2) is 0 Å². The van der Waals surface area contributed by atoms with Crippen molar-refractivity contribution in [2.45, 2.75) is 20.0 Å². The van der Waals surface area contributed by atoms with Crippen LogP contribution in [0.25, 0.3) is 0 Å². The van der Waals surface area contributed by atoms with Crippen molar-refractivity contribution in [1.82, 2.24) is 0 Å². The summed E-state index contributed by atoms with van der Waals surface area (Å²) in [6.07, 6.45) is -8.23. The summed E-state index contributed by atoms with van der Waals surface area (Å²) >= 11 is 0. The summed E-state index contributed by atoms with van der Waals surface area (Å²) in [4.78, 5) is 0. The van der Waals surface area contributed by atoms with E-state index in [4.69, 9.17) is 0 Å². The molecule has 0 N–H and O–H groups in total. The highest BCUT2D eigenvalue weighted by molar-refractivity contribution is 7.41. The van der Waals surface area contributed by atoms with Crippen molar-refractivity contribution in [1.29, 1.82) is 0 Å². The van der Waals surface area contributed by atoms with Gasteiger partial charge in [0.1, 0.15) is 0 Å². The van der Waals surface area contributed by atoms with Crippen LogP contribution in [-0.4, -0.2) is 19.4 Å². The molecule has 0 bridgehead atoms. The second kappa shape index (κ2) is 6.98. The van der Waals surface area contributed by atoms with Gasteiger partial charge in [0, 0.05) is 0 Å². The molecule has 0 saturated carbocycles. The molecule has 0 atom stereocenters. The zero-order chi connectivity index (χ0) is 12.8. The van der Waals surface area contributed by atoms with Gasteiger partial charge in [-0.2, -0.15) is 22.0 Å². The predicted molar refractivity (Wildman–Crippen MR) is 46.6 cm³/mol. The average Bonchev–Trinajstić information content (AvgIpc) is 2.12. The molecule has 0 fully saturated rings. The van der Waals surface area contributed by atoms with Crippen LogP contribution in [0.5, 0.6) is 0 Å².